The van der Waals surface area contributed by atoms with Crippen LogP contribution in [0.3, 0.4) is 0 Å². The molecule has 8 nitrogen and oxygen atoms in total. The summed E-state index contributed by atoms with van der Waals surface area (Å²) in [5, 5.41) is 4.35. The van der Waals surface area contributed by atoms with Crippen molar-refractivity contribution in [3.05, 3.63) is 72.4 Å². The second-order valence-electron chi connectivity index (χ2n) is 6.38. The van der Waals surface area contributed by atoms with Gasteiger partial charge in [0.15, 0.2) is 10.9 Å². The number of hydrogen-bond acceptors (Lipinski definition) is 8. The number of fused-ring (bicyclic) bond motifs is 1. The lowest BCUT2D eigenvalue weighted by Gasteiger charge is -2.10. The van der Waals surface area contributed by atoms with Gasteiger partial charge in [-0.1, -0.05) is 30.0 Å². The molecule has 0 atom stereocenters. The van der Waals surface area contributed by atoms with Crippen molar-refractivity contribution >= 4 is 34.3 Å². The number of aromatic nitrogens is 3. The lowest BCUT2D eigenvalue weighted by Crippen LogP contribution is -2.15. The van der Waals surface area contributed by atoms with E-state index in [0.29, 0.717) is 41.3 Å². The van der Waals surface area contributed by atoms with Gasteiger partial charge in [-0.25, -0.2) is 15.0 Å². The van der Waals surface area contributed by atoms with Gasteiger partial charge in [-0.2, -0.15) is 0 Å². The van der Waals surface area contributed by atoms with Crippen LogP contribution in [-0.2, 0) is 10.5 Å². The third-order valence-corrected chi connectivity index (χ3v) is 5.24. The Balaban J connectivity index is 1.59. The average Bonchev–Trinajstić information content (AvgIpc) is 3.18. The van der Waals surface area contributed by atoms with Gasteiger partial charge in [0.05, 0.1) is 6.61 Å². The first kappa shape index (κ1) is 20.8. The SMILES string of the molecule is COCCOc1ncccc1NC(=O)c1oc2ccccc2c1CSc1ncccn1. The zero-order valence-corrected chi connectivity index (χ0v) is 17.6. The summed E-state index contributed by atoms with van der Waals surface area (Å²) < 4.78 is 16.5. The van der Waals surface area contributed by atoms with E-state index in [-0.39, 0.29) is 11.7 Å². The van der Waals surface area contributed by atoms with E-state index in [1.54, 1.807) is 43.9 Å². The number of benzene rings is 1. The number of rotatable bonds is 9. The number of amides is 1. The molecule has 1 N–H and O–H groups in total. The molecule has 0 bridgehead atoms. The van der Waals surface area contributed by atoms with Crippen LogP contribution in [0.25, 0.3) is 11.0 Å². The molecular weight excluding hydrogens is 416 g/mol. The first-order valence-electron chi connectivity index (χ1n) is 9.54. The van der Waals surface area contributed by atoms with Crippen LogP contribution in [0, 0.1) is 0 Å². The summed E-state index contributed by atoms with van der Waals surface area (Å²) >= 11 is 1.43. The average molecular weight is 436 g/mol. The van der Waals surface area contributed by atoms with Crippen molar-refractivity contribution in [2.75, 3.05) is 25.6 Å². The topological polar surface area (TPSA) is 99.4 Å². The number of anilines is 1. The van der Waals surface area contributed by atoms with Gasteiger partial charge in [-0.15, -0.1) is 0 Å². The molecule has 1 aromatic carbocycles. The molecule has 31 heavy (non-hydrogen) atoms. The van der Waals surface area contributed by atoms with Crippen molar-refractivity contribution < 1.29 is 18.7 Å². The zero-order chi connectivity index (χ0) is 21.5. The number of hydrogen-bond donors (Lipinski definition) is 1. The van der Waals surface area contributed by atoms with Gasteiger partial charge in [0, 0.05) is 42.4 Å². The minimum Gasteiger partial charge on any atom is -0.474 e. The number of carbonyl (C=O) groups is 1. The summed E-state index contributed by atoms with van der Waals surface area (Å²) in [5.41, 5.74) is 1.87. The first-order chi connectivity index (χ1) is 15.3. The number of nitrogens with one attached hydrogen (secondary N) is 1. The number of nitrogens with zero attached hydrogens (tertiary/aromatic N) is 3. The quantitative estimate of drug-likeness (QED) is 0.237. The van der Waals surface area contributed by atoms with Crippen molar-refractivity contribution in [2.45, 2.75) is 10.9 Å². The summed E-state index contributed by atoms with van der Waals surface area (Å²) in [6.07, 6.45) is 4.97. The van der Waals surface area contributed by atoms with E-state index in [2.05, 4.69) is 20.3 Å². The number of thioether (sulfide) groups is 1. The summed E-state index contributed by atoms with van der Waals surface area (Å²) in [4.78, 5) is 25.8. The molecule has 158 valence electrons. The summed E-state index contributed by atoms with van der Waals surface area (Å²) in [6.45, 7) is 0.733. The summed E-state index contributed by atoms with van der Waals surface area (Å²) in [5.74, 6) is 0.646. The van der Waals surface area contributed by atoms with E-state index in [1.807, 2.05) is 24.3 Å². The molecule has 3 aromatic heterocycles. The highest BCUT2D eigenvalue weighted by molar-refractivity contribution is 7.98. The van der Waals surface area contributed by atoms with Crippen LogP contribution >= 0.6 is 11.8 Å². The number of pyridine rings is 1. The van der Waals surface area contributed by atoms with Gasteiger partial charge in [-0.05, 0) is 24.3 Å². The highest BCUT2D eigenvalue weighted by Gasteiger charge is 2.22. The first-order valence-corrected chi connectivity index (χ1v) is 10.5. The molecule has 9 heteroatoms. The highest BCUT2D eigenvalue weighted by atomic mass is 32.2. The Labute approximate surface area is 183 Å². The Morgan fingerprint density at radius 3 is 2.68 bits per heavy atom. The van der Waals surface area contributed by atoms with Crippen LogP contribution in [0.5, 0.6) is 5.88 Å². The van der Waals surface area contributed by atoms with Crippen molar-refractivity contribution in [1.82, 2.24) is 15.0 Å². The van der Waals surface area contributed by atoms with Gasteiger partial charge in [0.25, 0.3) is 5.91 Å². The molecular formula is C22H20N4O4S. The molecule has 0 aliphatic carbocycles. The van der Waals surface area contributed by atoms with Crippen LogP contribution in [0.1, 0.15) is 16.1 Å². The van der Waals surface area contributed by atoms with Crippen molar-refractivity contribution in [3.8, 4) is 5.88 Å². The second kappa shape index (κ2) is 10.1. The van der Waals surface area contributed by atoms with Crippen molar-refractivity contribution in [1.29, 1.82) is 0 Å². The molecule has 1 amide bonds. The largest absolute Gasteiger partial charge is 0.474 e. The van der Waals surface area contributed by atoms with E-state index in [4.69, 9.17) is 13.9 Å². The Bertz CT molecular complexity index is 1170. The smallest absolute Gasteiger partial charge is 0.291 e. The molecule has 0 unspecified atom stereocenters. The van der Waals surface area contributed by atoms with Crippen LogP contribution in [-0.4, -0.2) is 41.2 Å². The maximum Gasteiger partial charge on any atom is 0.291 e. The molecule has 0 aliphatic rings. The minimum atomic E-state index is -0.384. The number of ether oxygens (including phenoxy) is 2. The molecule has 0 aliphatic heterocycles. The van der Waals surface area contributed by atoms with E-state index in [9.17, 15) is 4.79 Å². The minimum absolute atomic E-state index is 0.233. The maximum atomic E-state index is 13.1. The second-order valence-corrected chi connectivity index (χ2v) is 7.32. The van der Waals surface area contributed by atoms with Gasteiger partial charge < -0.3 is 19.2 Å². The summed E-state index contributed by atoms with van der Waals surface area (Å²) in [7, 11) is 1.59. The van der Waals surface area contributed by atoms with Gasteiger partial charge >= 0.3 is 0 Å². The maximum absolute atomic E-state index is 13.1. The molecule has 0 saturated heterocycles. The normalized spacial score (nSPS) is 10.9. The van der Waals surface area contributed by atoms with E-state index < -0.39 is 0 Å². The Morgan fingerprint density at radius 2 is 1.84 bits per heavy atom. The van der Waals surface area contributed by atoms with Crippen LogP contribution in [0.4, 0.5) is 5.69 Å². The van der Waals surface area contributed by atoms with Crippen molar-refractivity contribution in [3.63, 3.8) is 0 Å². The van der Waals surface area contributed by atoms with Crippen molar-refractivity contribution in [2.24, 2.45) is 0 Å². The number of para-hydroxylation sites is 1. The number of furan rings is 1. The Kier molecular flexibility index (Phi) is 6.75. The molecule has 0 radical (unpaired) electrons. The Hall–Kier alpha value is -3.43. The lowest BCUT2D eigenvalue weighted by molar-refractivity contribution is 0.0996. The molecule has 4 aromatic rings. The third kappa shape index (κ3) is 5.01. The predicted octanol–water partition coefficient (Wildman–Crippen LogP) is 4.19. The standard InChI is InChI=1S/C22H20N4O4S/c1-28-12-13-29-21-17(7-4-9-23-21)26-20(27)19-16(14-31-22-24-10-5-11-25-22)15-6-2-3-8-18(15)30-19/h2-11H,12-14H2,1H3,(H,26,27). The van der Waals surface area contributed by atoms with Gasteiger partial charge in [0.1, 0.15) is 17.9 Å². The fourth-order valence-corrected chi connectivity index (χ4v) is 3.75. The van der Waals surface area contributed by atoms with E-state index in [1.165, 1.54) is 11.8 Å². The fourth-order valence-electron chi connectivity index (χ4n) is 2.92. The van der Waals surface area contributed by atoms with E-state index >= 15 is 0 Å². The fraction of sp³-hybridized carbons (Fsp3) is 0.182. The molecule has 4 rings (SSSR count). The summed E-state index contributed by atoms with van der Waals surface area (Å²) in [6, 6.07) is 12.8. The van der Waals surface area contributed by atoms with Gasteiger partial charge in [-0.3, -0.25) is 4.79 Å². The molecule has 0 saturated carbocycles. The van der Waals surface area contributed by atoms with Gasteiger partial charge in [0.2, 0.25) is 5.88 Å². The molecule has 3 heterocycles. The molecule has 0 fully saturated rings. The van der Waals surface area contributed by atoms with Crippen LogP contribution < -0.4 is 10.1 Å². The number of methoxy groups -OCH3 is 1. The monoisotopic (exact) mass is 436 g/mol. The van der Waals surface area contributed by atoms with Crippen LogP contribution in [0.15, 0.2) is 70.6 Å². The molecule has 0 spiro atoms. The number of carbonyl (C=O) groups excluding carboxylic acids is 1. The third-order valence-electron chi connectivity index (χ3n) is 4.34. The zero-order valence-electron chi connectivity index (χ0n) is 16.8. The predicted molar refractivity (Wildman–Crippen MR) is 117 cm³/mol. The van der Waals surface area contributed by atoms with Crippen LogP contribution in [0.2, 0.25) is 0 Å². The Morgan fingerprint density at radius 1 is 1.03 bits per heavy atom. The van der Waals surface area contributed by atoms with E-state index in [0.717, 1.165) is 10.9 Å². The lowest BCUT2D eigenvalue weighted by atomic mass is 10.1. The highest BCUT2D eigenvalue weighted by Crippen LogP contribution is 2.32.